The molecule has 2 aromatic carbocycles. The standard InChI is InChI=1S/C23H27N5O2S/c1-4-8-19-25-26-23-28(19)27-20(16-11-13-17(30-3)14-12-16)21(31-23)22(29)24-18-10-7-6-9-15(18)5-2/h6-7,9-14,20-21,27H,4-5,8H2,1-3H3,(H,24,29). The SMILES string of the molecule is CCCc1nnc2n1NC(c1ccc(OC)cc1)C(C(=O)Nc1ccccc1CC)S2. The molecule has 0 spiro atoms. The van der Waals surface area contributed by atoms with Crippen LogP contribution in [0.2, 0.25) is 0 Å². The number of thioether (sulfide) groups is 1. The smallest absolute Gasteiger partial charge is 0.240 e. The van der Waals surface area contributed by atoms with Gasteiger partial charge in [0.15, 0.2) is 5.82 Å². The molecule has 1 aromatic heterocycles. The quantitative estimate of drug-likeness (QED) is 0.577. The number of carbonyl (C=O) groups is 1. The summed E-state index contributed by atoms with van der Waals surface area (Å²) in [5, 5.41) is 12.1. The van der Waals surface area contributed by atoms with Gasteiger partial charge in [0.05, 0.1) is 13.2 Å². The van der Waals surface area contributed by atoms with Gasteiger partial charge in [-0.3, -0.25) is 4.79 Å². The lowest BCUT2D eigenvalue weighted by Crippen LogP contribution is -2.41. The Balaban J connectivity index is 1.67. The maximum absolute atomic E-state index is 13.4. The van der Waals surface area contributed by atoms with E-state index in [-0.39, 0.29) is 11.9 Å². The van der Waals surface area contributed by atoms with Gasteiger partial charge >= 0.3 is 0 Å². The normalized spacial score (nSPS) is 17.5. The zero-order valence-electron chi connectivity index (χ0n) is 18.0. The van der Waals surface area contributed by atoms with Crippen LogP contribution in [0.25, 0.3) is 0 Å². The number of nitrogens with zero attached hydrogens (tertiary/aromatic N) is 3. The van der Waals surface area contributed by atoms with Crippen molar-refractivity contribution in [3.05, 3.63) is 65.5 Å². The third-order valence-corrected chi connectivity index (χ3v) is 6.58. The van der Waals surface area contributed by atoms with Gasteiger partial charge in [-0.1, -0.05) is 55.9 Å². The molecule has 2 N–H and O–H groups in total. The molecule has 4 rings (SSSR count). The van der Waals surface area contributed by atoms with Gasteiger partial charge in [0, 0.05) is 12.1 Å². The second kappa shape index (κ2) is 9.43. The topological polar surface area (TPSA) is 81.1 Å². The van der Waals surface area contributed by atoms with E-state index in [1.807, 2.05) is 53.2 Å². The maximum Gasteiger partial charge on any atom is 0.240 e. The minimum absolute atomic E-state index is 0.0643. The van der Waals surface area contributed by atoms with E-state index in [1.165, 1.54) is 11.8 Å². The Morgan fingerprint density at radius 2 is 1.94 bits per heavy atom. The Morgan fingerprint density at radius 3 is 2.65 bits per heavy atom. The molecule has 1 aliphatic heterocycles. The Morgan fingerprint density at radius 1 is 1.16 bits per heavy atom. The third kappa shape index (κ3) is 4.39. The van der Waals surface area contributed by atoms with E-state index >= 15 is 0 Å². The van der Waals surface area contributed by atoms with Gasteiger partial charge in [-0.05, 0) is 42.2 Å². The summed E-state index contributed by atoms with van der Waals surface area (Å²) in [6, 6.07) is 15.5. The van der Waals surface area contributed by atoms with Crippen LogP contribution in [0.1, 0.15) is 43.3 Å². The third-order valence-electron chi connectivity index (χ3n) is 5.37. The molecule has 0 fully saturated rings. The first-order chi connectivity index (χ1) is 15.1. The van der Waals surface area contributed by atoms with E-state index in [9.17, 15) is 4.79 Å². The molecule has 1 amide bonds. The number of fused-ring (bicyclic) bond motifs is 1. The summed E-state index contributed by atoms with van der Waals surface area (Å²) in [6.07, 6.45) is 2.63. The first-order valence-corrected chi connectivity index (χ1v) is 11.4. The summed E-state index contributed by atoms with van der Waals surface area (Å²) in [4.78, 5) is 13.4. The van der Waals surface area contributed by atoms with Crippen LogP contribution in [0, 0.1) is 0 Å². The number of amides is 1. The zero-order valence-corrected chi connectivity index (χ0v) is 18.8. The minimum Gasteiger partial charge on any atom is -0.497 e. The largest absolute Gasteiger partial charge is 0.497 e. The summed E-state index contributed by atoms with van der Waals surface area (Å²) in [7, 11) is 1.64. The van der Waals surface area contributed by atoms with Gasteiger partial charge in [-0.15, -0.1) is 10.2 Å². The van der Waals surface area contributed by atoms with E-state index in [0.29, 0.717) is 5.16 Å². The highest BCUT2D eigenvalue weighted by Gasteiger charge is 2.38. The molecule has 2 heterocycles. The lowest BCUT2D eigenvalue weighted by atomic mass is 10.0. The molecule has 162 valence electrons. The summed E-state index contributed by atoms with van der Waals surface area (Å²) >= 11 is 1.44. The van der Waals surface area contributed by atoms with Gasteiger partial charge in [0.25, 0.3) is 0 Å². The average Bonchev–Trinajstić information content (AvgIpc) is 3.20. The number of hydrogen-bond acceptors (Lipinski definition) is 6. The fourth-order valence-electron chi connectivity index (χ4n) is 3.70. The van der Waals surface area contributed by atoms with Crippen molar-refractivity contribution >= 4 is 23.4 Å². The Labute approximate surface area is 186 Å². The second-order valence-corrected chi connectivity index (χ2v) is 8.51. The van der Waals surface area contributed by atoms with Gasteiger partial charge in [0.2, 0.25) is 11.1 Å². The molecule has 0 bridgehead atoms. The first kappa shape index (κ1) is 21.2. The van der Waals surface area contributed by atoms with Crippen molar-refractivity contribution in [2.24, 2.45) is 0 Å². The lowest BCUT2D eigenvalue weighted by molar-refractivity contribution is -0.116. The van der Waals surface area contributed by atoms with Crippen molar-refractivity contribution < 1.29 is 9.53 Å². The van der Waals surface area contributed by atoms with Gasteiger partial charge in [-0.2, -0.15) is 0 Å². The second-order valence-electron chi connectivity index (χ2n) is 7.40. The van der Waals surface area contributed by atoms with Crippen LogP contribution in [0.15, 0.2) is 53.7 Å². The first-order valence-electron chi connectivity index (χ1n) is 10.5. The molecule has 0 saturated carbocycles. The van der Waals surface area contributed by atoms with Gasteiger partial charge in [-0.25, -0.2) is 4.68 Å². The average molecular weight is 438 g/mol. The summed E-state index contributed by atoms with van der Waals surface area (Å²) in [6.45, 7) is 4.19. The molecular weight excluding hydrogens is 410 g/mol. The number of ether oxygens (including phenoxy) is 1. The Bertz CT molecular complexity index is 1050. The van der Waals surface area contributed by atoms with E-state index in [4.69, 9.17) is 4.74 Å². The van der Waals surface area contributed by atoms with E-state index < -0.39 is 5.25 Å². The number of anilines is 1. The summed E-state index contributed by atoms with van der Waals surface area (Å²) in [5.74, 6) is 1.59. The molecule has 0 radical (unpaired) electrons. The maximum atomic E-state index is 13.4. The number of carbonyl (C=O) groups excluding carboxylic acids is 1. The minimum atomic E-state index is -0.413. The van der Waals surface area contributed by atoms with Crippen molar-refractivity contribution in [3.63, 3.8) is 0 Å². The van der Waals surface area contributed by atoms with Gasteiger partial charge < -0.3 is 15.5 Å². The Hall–Kier alpha value is -3.00. The molecule has 3 aromatic rings. The van der Waals surface area contributed by atoms with Crippen LogP contribution in [0.5, 0.6) is 5.75 Å². The number of aromatic nitrogens is 3. The number of hydrogen-bond donors (Lipinski definition) is 2. The van der Waals surface area contributed by atoms with Crippen LogP contribution in [0.3, 0.4) is 0 Å². The molecule has 1 aliphatic rings. The predicted molar refractivity (Wildman–Crippen MR) is 123 cm³/mol. The summed E-state index contributed by atoms with van der Waals surface area (Å²) < 4.78 is 7.22. The molecule has 8 heteroatoms. The van der Waals surface area contributed by atoms with Crippen molar-refractivity contribution in [3.8, 4) is 5.75 Å². The van der Waals surface area contributed by atoms with Crippen LogP contribution in [-0.2, 0) is 17.6 Å². The fraction of sp³-hybridized carbons (Fsp3) is 0.348. The van der Waals surface area contributed by atoms with Crippen molar-refractivity contribution in [2.75, 3.05) is 17.9 Å². The fourth-order valence-corrected chi connectivity index (χ4v) is 4.80. The van der Waals surface area contributed by atoms with Crippen molar-refractivity contribution in [1.29, 1.82) is 0 Å². The number of rotatable bonds is 7. The monoisotopic (exact) mass is 437 g/mol. The highest BCUT2D eigenvalue weighted by atomic mass is 32.2. The zero-order chi connectivity index (χ0) is 21.8. The van der Waals surface area contributed by atoms with E-state index in [0.717, 1.165) is 47.7 Å². The van der Waals surface area contributed by atoms with Crippen LogP contribution in [-0.4, -0.2) is 33.1 Å². The lowest BCUT2D eigenvalue weighted by Gasteiger charge is -2.33. The number of benzene rings is 2. The molecule has 0 aliphatic carbocycles. The number of para-hydroxylation sites is 1. The molecule has 2 atom stereocenters. The molecule has 0 saturated heterocycles. The molecular formula is C23H27N5O2S. The summed E-state index contributed by atoms with van der Waals surface area (Å²) in [5.41, 5.74) is 6.46. The van der Waals surface area contributed by atoms with Crippen LogP contribution in [0.4, 0.5) is 5.69 Å². The predicted octanol–water partition coefficient (Wildman–Crippen LogP) is 4.20. The van der Waals surface area contributed by atoms with Crippen LogP contribution < -0.4 is 15.5 Å². The highest BCUT2D eigenvalue weighted by molar-refractivity contribution is 8.00. The Kier molecular flexibility index (Phi) is 6.46. The number of methoxy groups -OCH3 is 1. The number of aryl methyl sites for hydroxylation is 2. The van der Waals surface area contributed by atoms with Crippen molar-refractivity contribution in [1.82, 2.24) is 14.9 Å². The number of nitrogens with one attached hydrogen (secondary N) is 2. The van der Waals surface area contributed by atoms with Gasteiger partial charge in [0.1, 0.15) is 11.0 Å². The van der Waals surface area contributed by atoms with E-state index in [1.54, 1.807) is 7.11 Å². The van der Waals surface area contributed by atoms with Crippen LogP contribution >= 0.6 is 11.8 Å². The van der Waals surface area contributed by atoms with Crippen molar-refractivity contribution in [2.45, 2.75) is 49.6 Å². The molecule has 2 unspecified atom stereocenters. The highest BCUT2D eigenvalue weighted by Crippen LogP contribution is 2.38. The molecule has 7 nitrogen and oxygen atoms in total. The van der Waals surface area contributed by atoms with E-state index in [2.05, 4.69) is 34.8 Å². The molecule has 31 heavy (non-hydrogen) atoms.